The monoisotopic (exact) mass is 250 g/mol. The zero-order chi connectivity index (χ0) is 13.3. The van der Waals surface area contributed by atoms with E-state index in [0.29, 0.717) is 17.1 Å². The molecule has 0 aliphatic carbocycles. The van der Waals surface area contributed by atoms with Crippen molar-refractivity contribution >= 4 is 17.3 Å². The number of ether oxygens (including phenoxy) is 1. The van der Waals surface area contributed by atoms with Crippen LogP contribution in [-0.2, 0) is 4.79 Å². The topological polar surface area (TPSA) is 75.8 Å². The van der Waals surface area contributed by atoms with Crippen molar-refractivity contribution in [3.05, 3.63) is 18.2 Å². The van der Waals surface area contributed by atoms with Crippen LogP contribution in [0.5, 0.6) is 5.75 Å². The Kier molecular flexibility index (Phi) is 3.43. The van der Waals surface area contributed by atoms with Crippen molar-refractivity contribution in [2.24, 2.45) is 5.92 Å². The number of carbonyl (C=O) groups excluding carboxylic acids is 1. The number of nitrogens with zero attached hydrogens (tertiary/aromatic N) is 1. The molecule has 0 spiro atoms. The fourth-order valence-corrected chi connectivity index (χ4v) is 1.82. The van der Waals surface area contributed by atoms with Crippen LogP contribution in [0.4, 0.5) is 11.4 Å². The van der Waals surface area contributed by atoms with Gasteiger partial charge >= 0.3 is 0 Å². The van der Waals surface area contributed by atoms with Crippen LogP contribution >= 0.6 is 0 Å². The zero-order valence-corrected chi connectivity index (χ0v) is 10.6. The van der Waals surface area contributed by atoms with Gasteiger partial charge in [0.1, 0.15) is 5.75 Å². The molecule has 1 aliphatic heterocycles. The van der Waals surface area contributed by atoms with E-state index in [1.54, 1.807) is 23.1 Å². The van der Waals surface area contributed by atoms with Crippen LogP contribution in [-0.4, -0.2) is 30.3 Å². The lowest BCUT2D eigenvalue weighted by Gasteiger charge is -2.32. The highest BCUT2D eigenvalue weighted by Crippen LogP contribution is 2.34. The summed E-state index contributed by atoms with van der Waals surface area (Å²) < 4.78 is 5.33. The Hall–Kier alpha value is -1.75. The zero-order valence-electron chi connectivity index (χ0n) is 10.6. The number of hydrogen-bond donors (Lipinski definition) is 2. The number of aliphatic hydroxyl groups excluding tert-OH is 1. The smallest absolute Gasteiger partial charge is 0.265 e. The van der Waals surface area contributed by atoms with E-state index in [1.165, 1.54) is 0 Å². The Morgan fingerprint density at radius 3 is 2.89 bits per heavy atom. The number of β-amino-alcohol motifs (C(OH)–C–C–N with tert-alkyl or cyclic N) is 1. The molecular formula is C13H18N2O3. The predicted molar refractivity (Wildman–Crippen MR) is 69.5 cm³/mol. The average molecular weight is 250 g/mol. The molecule has 0 fully saturated rings. The number of anilines is 2. The second-order valence-electron chi connectivity index (χ2n) is 4.83. The van der Waals surface area contributed by atoms with Gasteiger partial charge in [-0.2, -0.15) is 0 Å². The molecule has 0 saturated carbocycles. The van der Waals surface area contributed by atoms with Crippen molar-refractivity contribution < 1.29 is 14.6 Å². The van der Waals surface area contributed by atoms with Gasteiger partial charge in [-0.3, -0.25) is 4.79 Å². The number of rotatable bonds is 3. The molecule has 1 amide bonds. The summed E-state index contributed by atoms with van der Waals surface area (Å²) in [6.45, 7) is 4.09. The van der Waals surface area contributed by atoms with Crippen molar-refractivity contribution in [2.45, 2.75) is 20.0 Å². The third-order valence-electron chi connectivity index (χ3n) is 3.07. The first-order chi connectivity index (χ1) is 8.49. The molecule has 1 aromatic rings. The van der Waals surface area contributed by atoms with Gasteiger partial charge in [-0.05, 0) is 24.1 Å². The Labute approximate surface area is 106 Å². The summed E-state index contributed by atoms with van der Waals surface area (Å²) in [6.07, 6.45) is -0.568. The van der Waals surface area contributed by atoms with E-state index in [0.717, 1.165) is 0 Å². The second-order valence-corrected chi connectivity index (χ2v) is 4.83. The third kappa shape index (κ3) is 2.41. The molecule has 18 heavy (non-hydrogen) atoms. The third-order valence-corrected chi connectivity index (χ3v) is 3.07. The summed E-state index contributed by atoms with van der Waals surface area (Å²) in [7, 11) is 0. The maximum absolute atomic E-state index is 11.9. The summed E-state index contributed by atoms with van der Waals surface area (Å²) in [5.74, 6) is 0.553. The van der Waals surface area contributed by atoms with E-state index in [4.69, 9.17) is 10.5 Å². The molecule has 3 N–H and O–H groups in total. The normalized spacial score (nSPS) is 16.4. The molecule has 1 heterocycles. The fourth-order valence-electron chi connectivity index (χ4n) is 1.82. The molecule has 1 aliphatic rings. The number of carbonyl (C=O) groups is 1. The van der Waals surface area contributed by atoms with Crippen molar-refractivity contribution in [3.8, 4) is 5.75 Å². The van der Waals surface area contributed by atoms with Gasteiger partial charge in [0.2, 0.25) is 0 Å². The number of fused-ring (bicyclic) bond motifs is 1. The Balaban J connectivity index is 2.30. The number of amides is 1. The summed E-state index contributed by atoms with van der Waals surface area (Å²) in [6, 6.07) is 5.16. The molecule has 0 radical (unpaired) electrons. The largest absolute Gasteiger partial charge is 0.482 e. The number of aliphatic hydroxyl groups is 1. The molecule has 2 rings (SSSR count). The van der Waals surface area contributed by atoms with Crippen LogP contribution < -0.4 is 15.4 Å². The van der Waals surface area contributed by atoms with Crippen LogP contribution in [0, 0.1) is 5.92 Å². The first-order valence-electron chi connectivity index (χ1n) is 6.00. The molecule has 1 aromatic carbocycles. The van der Waals surface area contributed by atoms with Gasteiger partial charge < -0.3 is 20.5 Å². The summed E-state index contributed by atoms with van der Waals surface area (Å²) in [5.41, 5.74) is 6.92. The maximum Gasteiger partial charge on any atom is 0.265 e. The lowest BCUT2D eigenvalue weighted by atomic mass is 10.1. The molecule has 5 nitrogen and oxygen atoms in total. The van der Waals surface area contributed by atoms with Crippen LogP contribution in [0.2, 0.25) is 0 Å². The maximum atomic E-state index is 11.9. The highest BCUT2D eigenvalue weighted by atomic mass is 16.5. The highest BCUT2D eigenvalue weighted by Gasteiger charge is 2.28. The lowest BCUT2D eigenvalue weighted by Crippen LogP contribution is -2.44. The Morgan fingerprint density at radius 2 is 2.22 bits per heavy atom. The van der Waals surface area contributed by atoms with E-state index in [1.807, 2.05) is 13.8 Å². The van der Waals surface area contributed by atoms with Crippen molar-refractivity contribution in [1.29, 1.82) is 0 Å². The summed E-state index contributed by atoms with van der Waals surface area (Å²) in [4.78, 5) is 13.4. The molecule has 0 bridgehead atoms. The molecule has 1 atom stereocenters. The van der Waals surface area contributed by atoms with Gasteiger partial charge in [-0.25, -0.2) is 0 Å². The standard InChI is InChI=1S/C13H18N2O3/c1-8(2)11(16)6-15-10-5-9(14)3-4-12(10)18-7-13(15)17/h3-5,8,11,16H,6-7,14H2,1-2H3. The second kappa shape index (κ2) is 4.86. The van der Waals surface area contributed by atoms with E-state index in [9.17, 15) is 9.90 Å². The van der Waals surface area contributed by atoms with Gasteiger partial charge in [0, 0.05) is 5.69 Å². The summed E-state index contributed by atoms with van der Waals surface area (Å²) >= 11 is 0. The van der Waals surface area contributed by atoms with Crippen molar-refractivity contribution in [3.63, 3.8) is 0 Å². The van der Waals surface area contributed by atoms with Crippen LogP contribution in [0.1, 0.15) is 13.8 Å². The minimum atomic E-state index is -0.568. The first kappa shape index (κ1) is 12.7. The quantitative estimate of drug-likeness (QED) is 0.785. The number of hydrogen-bond acceptors (Lipinski definition) is 4. The average Bonchev–Trinajstić information content (AvgIpc) is 2.32. The SMILES string of the molecule is CC(C)C(O)CN1C(=O)COc2ccc(N)cc21. The minimum absolute atomic E-state index is 0.00172. The molecule has 0 saturated heterocycles. The first-order valence-corrected chi connectivity index (χ1v) is 6.00. The van der Waals surface area contributed by atoms with Crippen LogP contribution in [0.25, 0.3) is 0 Å². The van der Waals surface area contributed by atoms with E-state index < -0.39 is 6.10 Å². The lowest BCUT2D eigenvalue weighted by molar-refractivity contribution is -0.121. The van der Waals surface area contributed by atoms with Gasteiger partial charge in [-0.15, -0.1) is 0 Å². The predicted octanol–water partition coefficient (Wildman–Crippen LogP) is 1.01. The molecular weight excluding hydrogens is 232 g/mol. The van der Waals surface area contributed by atoms with Crippen molar-refractivity contribution in [2.75, 3.05) is 23.8 Å². The van der Waals surface area contributed by atoms with Crippen LogP contribution in [0.3, 0.4) is 0 Å². The van der Waals surface area contributed by atoms with E-state index >= 15 is 0 Å². The van der Waals surface area contributed by atoms with E-state index in [2.05, 4.69) is 0 Å². The van der Waals surface area contributed by atoms with Gasteiger partial charge in [0.05, 0.1) is 18.3 Å². The molecule has 1 unspecified atom stereocenters. The molecule has 0 aromatic heterocycles. The fraction of sp³-hybridized carbons (Fsp3) is 0.462. The van der Waals surface area contributed by atoms with Gasteiger partial charge in [-0.1, -0.05) is 13.8 Å². The van der Waals surface area contributed by atoms with Gasteiger partial charge in [0.15, 0.2) is 6.61 Å². The Morgan fingerprint density at radius 1 is 1.50 bits per heavy atom. The van der Waals surface area contributed by atoms with Gasteiger partial charge in [0.25, 0.3) is 5.91 Å². The van der Waals surface area contributed by atoms with Crippen molar-refractivity contribution in [1.82, 2.24) is 0 Å². The molecule has 98 valence electrons. The molecule has 5 heteroatoms. The van der Waals surface area contributed by atoms with E-state index in [-0.39, 0.29) is 25.0 Å². The number of nitrogens with two attached hydrogens (primary N) is 1. The number of benzene rings is 1. The summed E-state index contributed by atoms with van der Waals surface area (Å²) in [5, 5.41) is 9.93. The highest BCUT2D eigenvalue weighted by molar-refractivity contribution is 5.98. The number of nitrogen functional groups attached to an aromatic ring is 1. The minimum Gasteiger partial charge on any atom is -0.482 e. The van der Waals surface area contributed by atoms with Crippen LogP contribution in [0.15, 0.2) is 18.2 Å². The Bertz CT molecular complexity index is 460.